The van der Waals surface area contributed by atoms with Gasteiger partial charge in [0.1, 0.15) is 0 Å². The van der Waals surface area contributed by atoms with Gasteiger partial charge in [0, 0.05) is 20.7 Å². The third kappa shape index (κ3) is 2.96. The second-order valence-corrected chi connectivity index (χ2v) is 4.65. The summed E-state index contributed by atoms with van der Waals surface area (Å²) in [6, 6.07) is 0.284. The molecule has 1 rings (SSSR count). The smallest absolute Gasteiger partial charge is 0.150 e. The van der Waals surface area contributed by atoms with E-state index in [1.807, 2.05) is 11.7 Å². The number of hydrogen-bond donors (Lipinski definition) is 1. The molecule has 0 aliphatic carbocycles. The van der Waals surface area contributed by atoms with E-state index in [1.54, 1.807) is 7.11 Å². The maximum Gasteiger partial charge on any atom is 0.150 e. The van der Waals surface area contributed by atoms with Crippen LogP contribution in [-0.2, 0) is 18.2 Å². The molecule has 1 aromatic heterocycles. The number of nitrogens with two attached hydrogens (primary N) is 1. The van der Waals surface area contributed by atoms with E-state index in [4.69, 9.17) is 10.5 Å². The molecule has 0 aliphatic rings. The average Bonchev–Trinajstić information content (AvgIpc) is 2.59. The highest BCUT2D eigenvalue weighted by molar-refractivity contribution is 5.66. The Morgan fingerprint density at radius 3 is 2.61 bits per heavy atom. The van der Waals surface area contributed by atoms with E-state index in [0.29, 0.717) is 6.61 Å². The lowest BCUT2D eigenvalue weighted by molar-refractivity contribution is 0.181. The van der Waals surface area contributed by atoms with Gasteiger partial charge in [-0.3, -0.25) is 4.68 Å². The normalized spacial score (nSPS) is 12.7. The molecule has 5 heteroatoms. The van der Waals surface area contributed by atoms with Crippen molar-refractivity contribution in [3.8, 4) is 0 Å². The van der Waals surface area contributed by atoms with Crippen LogP contribution in [0.15, 0.2) is 0 Å². The summed E-state index contributed by atoms with van der Waals surface area (Å²) in [5.74, 6) is 1.01. The molecule has 2 N–H and O–H groups in total. The molecule has 1 atom stereocenters. The molecular weight excluding hydrogens is 228 g/mol. The van der Waals surface area contributed by atoms with Crippen LogP contribution in [-0.4, -0.2) is 36.1 Å². The first-order valence-corrected chi connectivity index (χ1v) is 6.63. The van der Waals surface area contributed by atoms with Gasteiger partial charge in [0.15, 0.2) is 5.82 Å². The second-order valence-electron chi connectivity index (χ2n) is 4.65. The number of anilines is 2. The molecule has 5 nitrogen and oxygen atoms in total. The maximum absolute atomic E-state index is 6.23. The molecule has 0 amide bonds. The molecule has 1 aromatic rings. The zero-order valence-corrected chi connectivity index (χ0v) is 12.2. The Morgan fingerprint density at radius 2 is 2.11 bits per heavy atom. The van der Waals surface area contributed by atoms with Crippen LogP contribution in [0.1, 0.15) is 32.9 Å². The predicted octanol–water partition coefficient (Wildman–Crippen LogP) is 1.82. The standard InChI is InChI=1S/C13H26N4O/c1-6-8-11-12(14)13(16(4)15-11)17(7-2)10(3)9-18-5/h10H,6-9,14H2,1-5H3. The van der Waals surface area contributed by atoms with Gasteiger partial charge >= 0.3 is 0 Å². The fourth-order valence-electron chi connectivity index (χ4n) is 2.35. The highest BCUT2D eigenvalue weighted by atomic mass is 16.5. The highest BCUT2D eigenvalue weighted by Gasteiger charge is 2.21. The number of nitrogens with zero attached hydrogens (tertiary/aromatic N) is 3. The molecule has 0 aromatic carbocycles. The summed E-state index contributed by atoms with van der Waals surface area (Å²) in [5, 5.41) is 4.52. The molecule has 0 aliphatic heterocycles. The van der Waals surface area contributed by atoms with Gasteiger partial charge < -0.3 is 15.4 Å². The Kier molecular flexibility index (Phi) is 5.47. The van der Waals surface area contributed by atoms with Crippen molar-refractivity contribution in [2.75, 3.05) is 30.9 Å². The summed E-state index contributed by atoms with van der Waals surface area (Å²) in [7, 11) is 3.67. The lowest BCUT2D eigenvalue weighted by Gasteiger charge is -2.29. The van der Waals surface area contributed by atoms with Gasteiger partial charge in [-0.15, -0.1) is 0 Å². The van der Waals surface area contributed by atoms with Crippen molar-refractivity contribution in [3.63, 3.8) is 0 Å². The molecular formula is C13H26N4O. The van der Waals surface area contributed by atoms with E-state index < -0.39 is 0 Å². The Morgan fingerprint density at radius 1 is 1.44 bits per heavy atom. The summed E-state index contributed by atoms with van der Waals surface area (Å²) in [6.07, 6.45) is 1.98. The van der Waals surface area contributed by atoms with E-state index in [2.05, 4.69) is 30.8 Å². The van der Waals surface area contributed by atoms with Gasteiger partial charge in [-0.05, 0) is 20.3 Å². The number of nitrogen functional groups attached to an aromatic ring is 1. The van der Waals surface area contributed by atoms with Crippen LogP contribution in [0.5, 0.6) is 0 Å². The quantitative estimate of drug-likeness (QED) is 0.806. The van der Waals surface area contributed by atoms with Gasteiger partial charge in [-0.25, -0.2) is 0 Å². The minimum absolute atomic E-state index is 0.284. The maximum atomic E-state index is 6.23. The Labute approximate surface area is 110 Å². The van der Waals surface area contributed by atoms with Crippen LogP contribution < -0.4 is 10.6 Å². The molecule has 0 spiro atoms. The zero-order chi connectivity index (χ0) is 13.7. The van der Waals surface area contributed by atoms with Crippen LogP contribution in [0.25, 0.3) is 0 Å². The van der Waals surface area contributed by atoms with E-state index in [0.717, 1.165) is 36.6 Å². The second kappa shape index (κ2) is 6.64. The summed E-state index contributed by atoms with van der Waals surface area (Å²) >= 11 is 0. The number of methoxy groups -OCH3 is 1. The molecule has 1 heterocycles. The number of aryl methyl sites for hydroxylation is 2. The number of hydrogen-bond acceptors (Lipinski definition) is 4. The fourth-order valence-corrected chi connectivity index (χ4v) is 2.35. The minimum Gasteiger partial charge on any atom is -0.394 e. The van der Waals surface area contributed by atoms with E-state index in [1.165, 1.54) is 0 Å². The van der Waals surface area contributed by atoms with Crippen molar-refractivity contribution in [2.45, 2.75) is 39.7 Å². The molecule has 0 radical (unpaired) electrons. The first kappa shape index (κ1) is 14.8. The molecule has 104 valence electrons. The minimum atomic E-state index is 0.284. The lowest BCUT2D eigenvalue weighted by atomic mass is 10.2. The first-order chi connectivity index (χ1) is 8.56. The molecule has 0 bridgehead atoms. The number of ether oxygens (including phenoxy) is 1. The van der Waals surface area contributed by atoms with Gasteiger partial charge in [0.05, 0.1) is 24.0 Å². The molecule has 0 saturated carbocycles. The summed E-state index contributed by atoms with van der Waals surface area (Å²) in [5.41, 5.74) is 8.04. The molecule has 0 fully saturated rings. The van der Waals surface area contributed by atoms with Crippen LogP contribution in [0.2, 0.25) is 0 Å². The van der Waals surface area contributed by atoms with E-state index in [-0.39, 0.29) is 6.04 Å². The van der Waals surface area contributed by atoms with Crippen molar-refractivity contribution in [2.24, 2.45) is 7.05 Å². The van der Waals surface area contributed by atoms with Crippen LogP contribution in [0.4, 0.5) is 11.5 Å². The van der Waals surface area contributed by atoms with Crippen molar-refractivity contribution in [1.29, 1.82) is 0 Å². The zero-order valence-electron chi connectivity index (χ0n) is 12.2. The predicted molar refractivity (Wildman–Crippen MR) is 76.0 cm³/mol. The molecule has 0 saturated heterocycles. The fraction of sp³-hybridized carbons (Fsp3) is 0.769. The van der Waals surface area contributed by atoms with Crippen LogP contribution >= 0.6 is 0 Å². The van der Waals surface area contributed by atoms with Crippen molar-refractivity contribution in [1.82, 2.24) is 9.78 Å². The lowest BCUT2D eigenvalue weighted by Crippen LogP contribution is -2.37. The van der Waals surface area contributed by atoms with E-state index >= 15 is 0 Å². The number of likely N-dealkylation sites (N-methyl/N-ethyl adjacent to an activating group) is 1. The third-order valence-corrected chi connectivity index (χ3v) is 3.17. The molecule has 18 heavy (non-hydrogen) atoms. The number of aromatic nitrogens is 2. The van der Waals surface area contributed by atoms with Gasteiger partial charge in [-0.1, -0.05) is 13.3 Å². The summed E-state index contributed by atoms with van der Waals surface area (Å²) in [6.45, 7) is 7.97. The Bertz CT molecular complexity index is 375. The van der Waals surface area contributed by atoms with Crippen molar-refractivity contribution < 1.29 is 4.74 Å². The highest BCUT2D eigenvalue weighted by Crippen LogP contribution is 2.28. The van der Waals surface area contributed by atoms with E-state index in [9.17, 15) is 0 Å². The average molecular weight is 254 g/mol. The summed E-state index contributed by atoms with van der Waals surface area (Å²) < 4.78 is 7.11. The van der Waals surface area contributed by atoms with Gasteiger partial charge in [-0.2, -0.15) is 5.10 Å². The van der Waals surface area contributed by atoms with Gasteiger partial charge in [0.25, 0.3) is 0 Å². The first-order valence-electron chi connectivity index (χ1n) is 6.63. The Hall–Kier alpha value is -1.23. The van der Waals surface area contributed by atoms with Crippen molar-refractivity contribution >= 4 is 11.5 Å². The topological polar surface area (TPSA) is 56.3 Å². The SMILES string of the molecule is CCCc1nn(C)c(N(CC)C(C)COC)c1N. The van der Waals surface area contributed by atoms with Crippen LogP contribution in [0, 0.1) is 0 Å². The summed E-state index contributed by atoms with van der Waals surface area (Å²) in [4.78, 5) is 2.24. The van der Waals surface area contributed by atoms with Crippen LogP contribution in [0.3, 0.4) is 0 Å². The van der Waals surface area contributed by atoms with Gasteiger partial charge in [0.2, 0.25) is 0 Å². The largest absolute Gasteiger partial charge is 0.394 e. The number of rotatable bonds is 7. The molecule has 1 unspecified atom stereocenters. The van der Waals surface area contributed by atoms with Crippen molar-refractivity contribution in [3.05, 3.63) is 5.69 Å². The monoisotopic (exact) mass is 254 g/mol. The Balaban J connectivity index is 3.05. The third-order valence-electron chi connectivity index (χ3n) is 3.17.